The minimum atomic E-state index is -0.116. The largest absolute Gasteiger partial charge is 0.506 e. The minimum absolute atomic E-state index is 0.116. The van der Waals surface area contributed by atoms with Gasteiger partial charge in [0.25, 0.3) is 0 Å². The first-order valence-corrected chi connectivity index (χ1v) is 8.30. The Hall–Kier alpha value is -1.22. The van der Waals surface area contributed by atoms with E-state index in [1.807, 2.05) is 12.1 Å². The number of benzene rings is 1. The van der Waals surface area contributed by atoms with Gasteiger partial charge in [0.05, 0.1) is 11.8 Å². The molecule has 1 aromatic carbocycles. The van der Waals surface area contributed by atoms with Gasteiger partial charge in [-0.05, 0) is 85.0 Å². The molecule has 21 heavy (non-hydrogen) atoms. The van der Waals surface area contributed by atoms with Gasteiger partial charge in [0.2, 0.25) is 0 Å². The van der Waals surface area contributed by atoms with Crippen molar-refractivity contribution < 1.29 is 10.2 Å². The molecule has 3 aliphatic carbocycles. The summed E-state index contributed by atoms with van der Waals surface area (Å²) in [5, 5.41) is 20.2. The number of fused-ring (bicyclic) bond motifs is 5. The molecular weight excluding hydrogens is 262 g/mol. The number of hydrogen-bond acceptors (Lipinski definition) is 3. The second-order valence-electron chi connectivity index (χ2n) is 7.66. The fourth-order valence-corrected chi connectivity index (χ4v) is 5.60. The Morgan fingerprint density at radius 3 is 2.81 bits per heavy atom. The number of aryl methyl sites for hydroxylation is 1. The highest BCUT2D eigenvalue weighted by molar-refractivity contribution is 5.57. The Labute approximate surface area is 126 Å². The van der Waals surface area contributed by atoms with Crippen LogP contribution in [0.15, 0.2) is 12.1 Å². The number of phenols is 1. The molecule has 0 heterocycles. The van der Waals surface area contributed by atoms with E-state index in [0.717, 1.165) is 25.7 Å². The van der Waals surface area contributed by atoms with E-state index in [2.05, 4.69) is 6.92 Å². The predicted molar refractivity (Wildman–Crippen MR) is 83.1 cm³/mol. The van der Waals surface area contributed by atoms with Crippen LogP contribution in [0.2, 0.25) is 0 Å². The lowest BCUT2D eigenvalue weighted by molar-refractivity contribution is -0.0226. The van der Waals surface area contributed by atoms with Crippen LogP contribution in [0.3, 0.4) is 0 Å². The molecule has 3 heteroatoms. The second-order valence-corrected chi connectivity index (χ2v) is 7.66. The van der Waals surface area contributed by atoms with Crippen LogP contribution in [-0.2, 0) is 6.42 Å². The summed E-state index contributed by atoms with van der Waals surface area (Å²) in [5.41, 5.74) is 9.21. The van der Waals surface area contributed by atoms with Crippen LogP contribution in [0.25, 0.3) is 0 Å². The first-order chi connectivity index (χ1) is 10.0. The Morgan fingerprint density at radius 2 is 2.00 bits per heavy atom. The lowest BCUT2D eigenvalue weighted by atomic mass is 9.55. The number of aliphatic hydroxyl groups excluding tert-OH is 1. The number of phenolic OH excluding ortho intramolecular Hbond substituents is 1. The number of nitrogen functional groups attached to an aromatic ring is 1. The summed E-state index contributed by atoms with van der Waals surface area (Å²) in [5.74, 6) is 2.12. The molecule has 2 saturated carbocycles. The van der Waals surface area contributed by atoms with Crippen molar-refractivity contribution in [2.75, 3.05) is 5.73 Å². The van der Waals surface area contributed by atoms with E-state index < -0.39 is 0 Å². The molecule has 3 aliphatic rings. The maximum absolute atomic E-state index is 10.4. The molecule has 4 N–H and O–H groups in total. The number of anilines is 1. The zero-order valence-corrected chi connectivity index (χ0v) is 12.7. The van der Waals surface area contributed by atoms with Crippen molar-refractivity contribution in [2.24, 2.45) is 17.3 Å². The van der Waals surface area contributed by atoms with E-state index in [-0.39, 0.29) is 17.3 Å². The molecule has 4 rings (SSSR count). The van der Waals surface area contributed by atoms with Crippen molar-refractivity contribution >= 4 is 5.69 Å². The lowest BCUT2D eigenvalue weighted by Crippen LogP contribution is -2.43. The Balaban J connectivity index is 1.73. The third kappa shape index (κ3) is 1.76. The highest BCUT2D eigenvalue weighted by Gasteiger charge is 2.54. The van der Waals surface area contributed by atoms with Gasteiger partial charge in [0.1, 0.15) is 5.75 Å². The molecular formula is C18H25NO2. The van der Waals surface area contributed by atoms with Crippen molar-refractivity contribution in [1.29, 1.82) is 0 Å². The molecule has 0 amide bonds. The maximum atomic E-state index is 10.4. The minimum Gasteiger partial charge on any atom is -0.506 e. The molecule has 0 radical (unpaired) electrons. The van der Waals surface area contributed by atoms with Crippen molar-refractivity contribution in [2.45, 2.75) is 57.5 Å². The maximum Gasteiger partial charge on any atom is 0.138 e. The third-order valence-electron chi connectivity index (χ3n) is 6.82. The van der Waals surface area contributed by atoms with Gasteiger partial charge in [0, 0.05) is 0 Å². The molecule has 0 saturated heterocycles. The van der Waals surface area contributed by atoms with Crippen LogP contribution in [-0.4, -0.2) is 16.3 Å². The number of nitrogens with two attached hydrogens (primary N) is 1. The standard InChI is InChI=1S/C18H25NO2/c1-18-7-6-11-12(14(18)4-5-17(18)21)3-2-10-8-16(20)15(19)9-13(10)11/h8-9,11-12,14,17,20-21H,2-7,19H2,1H3/t11?,12?,14?,17-,18-/m0/s1. The fourth-order valence-electron chi connectivity index (χ4n) is 5.60. The zero-order valence-electron chi connectivity index (χ0n) is 12.7. The highest BCUT2D eigenvalue weighted by Crippen LogP contribution is 2.61. The van der Waals surface area contributed by atoms with Gasteiger partial charge in [-0.1, -0.05) is 6.92 Å². The van der Waals surface area contributed by atoms with E-state index in [9.17, 15) is 10.2 Å². The molecule has 0 spiro atoms. The van der Waals surface area contributed by atoms with Crippen LogP contribution < -0.4 is 5.73 Å². The molecule has 3 nitrogen and oxygen atoms in total. The summed E-state index contributed by atoms with van der Waals surface area (Å²) in [6.07, 6.45) is 6.50. The second kappa shape index (κ2) is 4.39. The van der Waals surface area contributed by atoms with Gasteiger partial charge in [0.15, 0.2) is 0 Å². The highest BCUT2D eigenvalue weighted by atomic mass is 16.3. The summed E-state index contributed by atoms with van der Waals surface area (Å²) in [6.45, 7) is 2.30. The van der Waals surface area contributed by atoms with Crippen LogP contribution >= 0.6 is 0 Å². The topological polar surface area (TPSA) is 66.5 Å². The quantitative estimate of drug-likeness (QED) is 0.507. The predicted octanol–water partition coefficient (Wildman–Crippen LogP) is 3.19. The van der Waals surface area contributed by atoms with Crippen molar-refractivity contribution in [3.63, 3.8) is 0 Å². The molecule has 0 bridgehead atoms. The van der Waals surface area contributed by atoms with E-state index in [4.69, 9.17) is 5.73 Å². The van der Waals surface area contributed by atoms with Crippen LogP contribution in [0.4, 0.5) is 5.69 Å². The molecule has 3 unspecified atom stereocenters. The summed E-state index contributed by atoms with van der Waals surface area (Å²) in [7, 11) is 0. The number of aliphatic hydroxyl groups is 1. The Kier molecular flexibility index (Phi) is 2.81. The van der Waals surface area contributed by atoms with E-state index in [1.54, 1.807) is 0 Å². The monoisotopic (exact) mass is 287 g/mol. The summed E-state index contributed by atoms with van der Waals surface area (Å²) in [6, 6.07) is 3.88. The van der Waals surface area contributed by atoms with Crippen LogP contribution in [0.1, 0.15) is 56.1 Å². The molecule has 0 aromatic heterocycles. The zero-order chi connectivity index (χ0) is 14.8. The summed E-state index contributed by atoms with van der Waals surface area (Å²) >= 11 is 0. The number of hydrogen-bond donors (Lipinski definition) is 3. The van der Waals surface area contributed by atoms with Gasteiger partial charge in [-0.25, -0.2) is 0 Å². The van der Waals surface area contributed by atoms with Gasteiger partial charge >= 0.3 is 0 Å². The van der Waals surface area contributed by atoms with E-state index in [1.165, 1.54) is 24.0 Å². The van der Waals surface area contributed by atoms with Crippen molar-refractivity contribution in [1.82, 2.24) is 0 Å². The van der Waals surface area contributed by atoms with E-state index in [0.29, 0.717) is 23.4 Å². The summed E-state index contributed by atoms with van der Waals surface area (Å²) in [4.78, 5) is 0. The molecule has 114 valence electrons. The SMILES string of the molecule is C[C@]12CCC3c4cc(N)c(O)cc4CCC3C1CC[C@@H]2O. The van der Waals surface area contributed by atoms with Crippen molar-refractivity contribution in [3.05, 3.63) is 23.3 Å². The Morgan fingerprint density at radius 1 is 1.19 bits per heavy atom. The Bertz CT molecular complexity index is 585. The van der Waals surface area contributed by atoms with Gasteiger partial charge in [-0.15, -0.1) is 0 Å². The number of rotatable bonds is 0. The van der Waals surface area contributed by atoms with Gasteiger partial charge in [-0.3, -0.25) is 0 Å². The first kappa shape index (κ1) is 13.4. The average molecular weight is 287 g/mol. The van der Waals surface area contributed by atoms with Crippen molar-refractivity contribution in [3.8, 4) is 5.75 Å². The van der Waals surface area contributed by atoms with Crippen LogP contribution in [0, 0.1) is 17.3 Å². The molecule has 2 fully saturated rings. The molecule has 5 atom stereocenters. The first-order valence-electron chi connectivity index (χ1n) is 8.30. The summed E-state index contributed by atoms with van der Waals surface area (Å²) < 4.78 is 0. The smallest absolute Gasteiger partial charge is 0.138 e. The third-order valence-corrected chi connectivity index (χ3v) is 6.82. The van der Waals surface area contributed by atoms with Gasteiger partial charge in [-0.2, -0.15) is 0 Å². The molecule has 0 aliphatic heterocycles. The van der Waals surface area contributed by atoms with Gasteiger partial charge < -0.3 is 15.9 Å². The molecule has 1 aromatic rings. The normalized spacial score (nSPS) is 41.2. The van der Waals surface area contributed by atoms with Crippen LogP contribution in [0.5, 0.6) is 5.75 Å². The van der Waals surface area contributed by atoms with E-state index >= 15 is 0 Å². The average Bonchev–Trinajstić information content (AvgIpc) is 2.76. The fraction of sp³-hybridized carbons (Fsp3) is 0.667. The lowest BCUT2D eigenvalue weighted by Gasteiger charge is -2.50. The number of aromatic hydroxyl groups is 1.